The number of hydrogen-bond donors (Lipinski definition) is 1. The lowest BCUT2D eigenvalue weighted by Gasteiger charge is -1.96. The molecule has 1 aromatic heterocycles. The van der Waals surface area contributed by atoms with E-state index < -0.39 is 0 Å². The third-order valence-corrected chi connectivity index (χ3v) is 2.89. The van der Waals surface area contributed by atoms with Crippen LogP contribution in [0.1, 0.15) is 31.7 Å². The molecule has 0 saturated heterocycles. The average molecular weight is 224 g/mol. The maximum Gasteiger partial charge on any atom is 0.0947 e. The van der Waals surface area contributed by atoms with E-state index in [1.54, 1.807) is 0 Å². The van der Waals surface area contributed by atoms with Crippen LogP contribution in [0, 0.1) is 11.3 Å². The molecule has 0 spiro atoms. The number of nitriles is 1. The van der Waals surface area contributed by atoms with Gasteiger partial charge in [-0.1, -0.05) is 31.5 Å². The Kier molecular flexibility index (Phi) is 3.62. The van der Waals surface area contributed by atoms with Crippen LogP contribution in [0.5, 0.6) is 0 Å². The van der Waals surface area contributed by atoms with Gasteiger partial charge in [0.1, 0.15) is 0 Å². The Morgan fingerprint density at radius 3 is 3.00 bits per heavy atom. The first kappa shape index (κ1) is 11.5. The molecule has 0 fully saturated rings. The molecular formula is C15H16N2. The maximum atomic E-state index is 9.10. The molecule has 2 rings (SSSR count). The van der Waals surface area contributed by atoms with Gasteiger partial charge in [-0.3, -0.25) is 0 Å². The SMILES string of the molecule is CCCC/C(C#N)=C\c1c[nH]c2ccccc12. The quantitative estimate of drug-likeness (QED) is 0.774. The van der Waals surface area contributed by atoms with Gasteiger partial charge in [0.25, 0.3) is 0 Å². The summed E-state index contributed by atoms with van der Waals surface area (Å²) in [6.45, 7) is 2.14. The molecule has 0 aliphatic rings. The number of rotatable bonds is 4. The molecule has 0 aliphatic heterocycles. The number of nitrogens with zero attached hydrogens (tertiary/aromatic N) is 1. The van der Waals surface area contributed by atoms with Gasteiger partial charge in [0, 0.05) is 28.2 Å². The summed E-state index contributed by atoms with van der Waals surface area (Å²) in [5.74, 6) is 0. The molecule has 86 valence electrons. The molecule has 1 aromatic carbocycles. The number of unbranched alkanes of at least 4 members (excludes halogenated alkanes) is 1. The van der Waals surface area contributed by atoms with E-state index in [4.69, 9.17) is 5.26 Å². The lowest BCUT2D eigenvalue weighted by molar-refractivity contribution is 0.802. The summed E-state index contributed by atoms with van der Waals surface area (Å²) in [6.07, 6.45) is 7.02. The van der Waals surface area contributed by atoms with Crippen LogP contribution in [-0.4, -0.2) is 4.98 Å². The molecule has 0 radical (unpaired) electrons. The van der Waals surface area contributed by atoms with E-state index in [1.165, 1.54) is 5.39 Å². The van der Waals surface area contributed by atoms with Gasteiger partial charge < -0.3 is 4.98 Å². The van der Waals surface area contributed by atoms with E-state index >= 15 is 0 Å². The van der Waals surface area contributed by atoms with Crippen LogP contribution in [0.25, 0.3) is 17.0 Å². The van der Waals surface area contributed by atoms with Crippen LogP contribution >= 0.6 is 0 Å². The lowest BCUT2D eigenvalue weighted by atomic mass is 10.1. The highest BCUT2D eigenvalue weighted by Gasteiger charge is 2.02. The summed E-state index contributed by atoms with van der Waals surface area (Å²) in [4.78, 5) is 3.22. The van der Waals surface area contributed by atoms with Crippen molar-refractivity contribution in [3.05, 3.63) is 41.6 Å². The number of fused-ring (bicyclic) bond motifs is 1. The highest BCUT2D eigenvalue weighted by Crippen LogP contribution is 2.21. The Balaban J connectivity index is 2.33. The minimum atomic E-state index is 0.858. The van der Waals surface area contributed by atoms with Crippen LogP contribution in [0.4, 0.5) is 0 Å². The summed E-state index contributed by atoms with van der Waals surface area (Å²) in [6, 6.07) is 10.4. The highest BCUT2D eigenvalue weighted by atomic mass is 14.7. The van der Waals surface area contributed by atoms with Crippen molar-refractivity contribution in [2.24, 2.45) is 0 Å². The third kappa shape index (κ3) is 2.57. The molecule has 2 nitrogen and oxygen atoms in total. The number of H-pyrrole nitrogens is 1. The normalized spacial score (nSPS) is 11.6. The Hall–Kier alpha value is -2.01. The maximum absolute atomic E-state index is 9.10. The van der Waals surface area contributed by atoms with E-state index in [9.17, 15) is 0 Å². The fraction of sp³-hybridized carbons (Fsp3) is 0.267. The summed E-state index contributed by atoms with van der Waals surface area (Å²) in [7, 11) is 0. The van der Waals surface area contributed by atoms with Gasteiger partial charge in [-0.25, -0.2) is 0 Å². The van der Waals surface area contributed by atoms with Crippen LogP contribution in [0.15, 0.2) is 36.0 Å². The summed E-state index contributed by atoms with van der Waals surface area (Å²) >= 11 is 0. The molecule has 1 heterocycles. The third-order valence-electron chi connectivity index (χ3n) is 2.89. The molecule has 0 amide bonds. The van der Waals surface area contributed by atoms with Crippen LogP contribution in [0.2, 0.25) is 0 Å². The number of allylic oxidation sites excluding steroid dienone is 1. The Morgan fingerprint density at radius 1 is 1.41 bits per heavy atom. The monoisotopic (exact) mass is 224 g/mol. The van der Waals surface area contributed by atoms with E-state index in [-0.39, 0.29) is 0 Å². The van der Waals surface area contributed by atoms with Crippen molar-refractivity contribution in [1.82, 2.24) is 4.98 Å². The van der Waals surface area contributed by atoms with Gasteiger partial charge in [-0.05, 0) is 25.0 Å². The summed E-state index contributed by atoms with van der Waals surface area (Å²) in [5, 5.41) is 10.3. The second-order valence-corrected chi connectivity index (χ2v) is 4.17. The van der Waals surface area contributed by atoms with E-state index in [2.05, 4.69) is 24.0 Å². The Bertz CT molecular complexity index is 570. The molecular weight excluding hydrogens is 208 g/mol. The van der Waals surface area contributed by atoms with Crippen molar-refractivity contribution in [3.63, 3.8) is 0 Å². The molecule has 0 bridgehead atoms. The van der Waals surface area contributed by atoms with Crippen molar-refractivity contribution in [3.8, 4) is 6.07 Å². The van der Waals surface area contributed by atoms with Crippen LogP contribution in [0.3, 0.4) is 0 Å². The van der Waals surface area contributed by atoms with Gasteiger partial charge in [-0.15, -0.1) is 0 Å². The van der Waals surface area contributed by atoms with Crippen molar-refractivity contribution < 1.29 is 0 Å². The first-order valence-electron chi connectivity index (χ1n) is 6.02. The molecule has 0 saturated carbocycles. The topological polar surface area (TPSA) is 39.6 Å². The first-order chi connectivity index (χ1) is 8.35. The number of nitrogens with one attached hydrogen (secondary N) is 1. The molecule has 1 N–H and O–H groups in total. The highest BCUT2D eigenvalue weighted by molar-refractivity contribution is 5.89. The number of benzene rings is 1. The van der Waals surface area contributed by atoms with E-state index in [1.807, 2.05) is 30.5 Å². The summed E-state index contributed by atoms with van der Waals surface area (Å²) < 4.78 is 0. The zero-order valence-corrected chi connectivity index (χ0v) is 10.0. The zero-order chi connectivity index (χ0) is 12.1. The van der Waals surface area contributed by atoms with E-state index in [0.717, 1.165) is 35.9 Å². The van der Waals surface area contributed by atoms with Gasteiger partial charge in [0.15, 0.2) is 0 Å². The second-order valence-electron chi connectivity index (χ2n) is 4.17. The van der Waals surface area contributed by atoms with Crippen LogP contribution in [-0.2, 0) is 0 Å². The molecule has 17 heavy (non-hydrogen) atoms. The predicted molar refractivity (Wildman–Crippen MR) is 71.4 cm³/mol. The predicted octanol–water partition coefficient (Wildman–Crippen LogP) is 4.27. The van der Waals surface area contributed by atoms with Crippen LogP contribution < -0.4 is 0 Å². The van der Waals surface area contributed by atoms with Crippen molar-refractivity contribution in [2.45, 2.75) is 26.2 Å². The van der Waals surface area contributed by atoms with Gasteiger partial charge in [0.05, 0.1) is 6.07 Å². The molecule has 0 aliphatic carbocycles. The zero-order valence-electron chi connectivity index (χ0n) is 10.0. The van der Waals surface area contributed by atoms with Crippen molar-refractivity contribution >= 4 is 17.0 Å². The minimum Gasteiger partial charge on any atom is -0.361 e. The fourth-order valence-electron chi connectivity index (χ4n) is 1.93. The fourth-order valence-corrected chi connectivity index (χ4v) is 1.93. The Morgan fingerprint density at radius 2 is 2.24 bits per heavy atom. The number of aromatic nitrogens is 1. The van der Waals surface area contributed by atoms with Crippen molar-refractivity contribution in [1.29, 1.82) is 5.26 Å². The summed E-state index contributed by atoms with van der Waals surface area (Å²) in [5.41, 5.74) is 3.08. The molecule has 2 aromatic rings. The van der Waals surface area contributed by atoms with Gasteiger partial charge >= 0.3 is 0 Å². The molecule has 2 heteroatoms. The first-order valence-corrected chi connectivity index (χ1v) is 6.02. The Labute approximate surface area is 102 Å². The minimum absolute atomic E-state index is 0.858. The number of hydrogen-bond acceptors (Lipinski definition) is 1. The van der Waals surface area contributed by atoms with E-state index in [0.29, 0.717) is 0 Å². The second kappa shape index (κ2) is 5.36. The molecule has 0 unspecified atom stereocenters. The average Bonchev–Trinajstić information content (AvgIpc) is 2.78. The standard InChI is InChI=1S/C15H16N2/c1-2-3-6-12(10-16)9-13-11-17-15-8-5-4-7-14(13)15/h4-5,7-9,11,17H,2-3,6H2,1H3/b12-9+. The smallest absolute Gasteiger partial charge is 0.0947 e. The lowest BCUT2D eigenvalue weighted by Crippen LogP contribution is -1.80. The van der Waals surface area contributed by atoms with Gasteiger partial charge in [0.2, 0.25) is 0 Å². The van der Waals surface area contributed by atoms with Gasteiger partial charge in [-0.2, -0.15) is 5.26 Å². The molecule has 0 atom stereocenters. The largest absolute Gasteiger partial charge is 0.361 e. The van der Waals surface area contributed by atoms with Crippen molar-refractivity contribution in [2.75, 3.05) is 0 Å². The number of para-hydroxylation sites is 1. The number of aromatic amines is 1.